The Bertz CT molecular complexity index is 1080. The molecule has 1 aliphatic heterocycles. The van der Waals surface area contributed by atoms with E-state index in [1.807, 2.05) is 26.0 Å². The molecule has 3 rings (SSSR count). The van der Waals surface area contributed by atoms with E-state index in [1.165, 1.54) is 12.1 Å². The highest BCUT2D eigenvalue weighted by Crippen LogP contribution is 2.28. The topological polar surface area (TPSA) is 113 Å². The molecule has 0 bridgehead atoms. The highest BCUT2D eigenvalue weighted by atomic mass is 32.2. The van der Waals surface area contributed by atoms with Crippen LogP contribution in [0.4, 0.5) is 5.69 Å². The first kappa shape index (κ1) is 22.9. The van der Waals surface area contributed by atoms with E-state index in [4.69, 9.17) is 4.74 Å². The minimum Gasteiger partial charge on any atom is -0.454 e. The molecule has 2 N–H and O–H groups in total. The molecule has 9 heteroatoms. The number of β-amino-alcohol motifs (C(OH)–C–C–N with tert-alkyl or cyclic N) is 1. The average molecular weight is 447 g/mol. The van der Waals surface area contributed by atoms with Gasteiger partial charge in [-0.1, -0.05) is 23.8 Å². The third-order valence-electron chi connectivity index (χ3n) is 5.27. The Kier molecular flexibility index (Phi) is 6.78. The lowest BCUT2D eigenvalue weighted by molar-refractivity contribution is -0.150. The smallest absolute Gasteiger partial charge is 0.325 e. The maximum Gasteiger partial charge on any atom is 0.325 e. The average Bonchev–Trinajstić information content (AvgIpc) is 3.12. The van der Waals surface area contributed by atoms with Crippen LogP contribution in [0.5, 0.6) is 0 Å². The lowest BCUT2D eigenvalue weighted by Crippen LogP contribution is -2.42. The predicted molar refractivity (Wildman–Crippen MR) is 115 cm³/mol. The number of carbonyl (C=O) groups excluding carboxylic acids is 2. The maximum atomic E-state index is 13.1. The van der Waals surface area contributed by atoms with Gasteiger partial charge in [0.25, 0.3) is 5.91 Å². The van der Waals surface area contributed by atoms with E-state index in [0.29, 0.717) is 5.69 Å². The molecule has 1 aliphatic rings. The second-order valence-corrected chi connectivity index (χ2v) is 9.64. The summed E-state index contributed by atoms with van der Waals surface area (Å²) in [6, 6.07) is 10.6. The highest BCUT2D eigenvalue weighted by molar-refractivity contribution is 7.89. The van der Waals surface area contributed by atoms with Crippen LogP contribution in [0.15, 0.2) is 47.4 Å². The van der Waals surface area contributed by atoms with Crippen LogP contribution < -0.4 is 5.32 Å². The number of hydrogen-bond acceptors (Lipinski definition) is 6. The normalized spacial score (nSPS) is 19.2. The lowest BCUT2D eigenvalue weighted by Gasteiger charge is -2.22. The first-order chi connectivity index (χ1) is 14.6. The van der Waals surface area contributed by atoms with Crippen LogP contribution in [0.2, 0.25) is 0 Å². The number of carbonyl (C=O) groups is 2. The van der Waals surface area contributed by atoms with E-state index in [0.717, 1.165) is 21.0 Å². The zero-order valence-corrected chi connectivity index (χ0v) is 18.5. The van der Waals surface area contributed by atoms with Crippen LogP contribution in [0.3, 0.4) is 0 Å². The summed E-state index contributed by atoms with van der Waals surface area (Å²) < 4.78 is 32.2. The van der Waals surface area contributed by atoms with Gasteiger partial charge in [0.2, 0.25) is 10.0 Å². The minimum atomic E-state index is -4.02. The molecule has 1 amide bonds. The van der Waals surface area contributed by atoms with Gasteiger partial charge in [0, 0.05) is 18.7 Å². The molecule has 1 saturated heterocycles. The largest absolute Gasteiger partial charge is 0.454 e. The number of ether oxygens (including phenoxy) is 1. The summed E-state index contributed by atoms with van der Waals surface area (Å²) in [7, 11) is -4.02. The van der Waals surface area contributed by atoms with Crippen LogP contribution in [0.1, 0.15) is 23.1 Å². The molecule has 2 atom stereocenters. The molecule has 8 nitrogen and oxygen atoms in total. The van der Waals surface area contributed by atoms with Crippen LogP contribution >= 0.6 is 0 Å². The monoisotopic (exact) mass is 446 g/mol. The fourth-order valence-electron chi connectivity index (χ4n) is 3.34. The second kappa shape index (κ2) is 9.17. The van der Waals surface area contributed by atoms with E-state index in [1.54, 1.807) is 25.1 Å². The van der Waals surface area contributed by atoms with Gasteiger partial charge in [-0.3, -0.25) is 9.59 Å². The van der Waals surface area contributed by atoms with E-state index in [-0.39, 0.29) is 17.9 Å². The third-order valence-corrected chi connectivity index (χ3v) is 7.14. The molecule has 1 fully saturated rings. The number of anilines is 1. The van der Waals surface area contributed by atoms with E-state index >= 15 is 0 Å². The van der Waals surface area contributed by atoms with Gasteiger partial charge in [-0.15, -0.1) is 0 Å². The van der Waals surface area contributed by atoms with Crippen LogP contribution in [0.25, 0.3) is 0 Å². The molecule has 1 unspecified atom stereocenters. The van der Waals surface area contributed by atoms with Crippen molar-refractivity contribution in [2.24, 2.45) is 0 Å². The van der Waals surface area contributed by atoms with Crippen molar-refractivity contribution in [3.8, 4) is 0 Å². The van der Waals surface area contributed by atoms with E-state index < -0.39 is 40.7 Å². The number of benzene rings is 2. The van der Waals surface area contributed by atoms with Crippen molar-refractivity contribution in [3.63, 3.8) is 0 Å². The number of rotatable bonds is 6. The van der Waals surface area contributed by atoms with Crippen molar-refractivity contribution < 1.29 is 27.9 Å². The first-order valence-corrected chi connectivity index (χ1v) is 11.3. The Morgan fingerprint density at radius 3 is 2.42 bits per heavy atom. The van der Waals surface area contributed by atoms with Gasteiger partial charge in [0.05, 0.1) is 11.0 Å². The SMILES string of the molecule is Cc1ccc(NC(=O)COC(=O)[C@@H]2CC(O)CN2S(=O)(=O)c2ccc(C)c(C)c2)cc1. The zero-order valence-electron chi connectivity index (χ0n) is 17.7. The second-order valence-electron chi connectivity index (χ2n) is 7.75. The number of nitrogens with zero attached hydrogens (tertiary/aromatic N) is 1. The summed E-state index contributed by atoms with van der Waals surface area (Å²) in [5.41, 5.74) is 3.33. The number of hydrogen-bond donors (Lipinski definition) is 2. The maximum absolute atomic E-state index is 13.1. The van der Waals surface area contributed by atoms with Crippen LogP contribution in [-0.4, -0.2) is 55.0 Å². The number of aryl methyl sites for hydroxylation is 3. The van der Waals surface area contributed by atoms with Crippen molar-refractivity contribution in [1.29, 1.82) is 0 Å². The molecule has 0 aliphatic carbocycles. The van der Waals surface area contributed by atoms with Crippen LogP contribution in [-0.2, 0) is 24.3 Å². The molecule has 0 aromatic heterocycles. The lowest BCUT2D eigenvalue weighted by atomic mass is 10.1. The fraction of sp³-hybridized carbons (Fsp3) is 0.364. The number of aliphatic hydroxyl groups is 1. The standard InChI is InChI=1S/C22H26N2O6S/c1-14-4-7-17(8-5-14)23-21(26)13-30-22(27)20-11-18(25)12-24(20)31(28,29)19-9-6-15(2)16(3)10-19/h4-10,18,20,25H,11-13H2,1-3H3,(H,23,26)/t18?,20-/m0/s1. The Morgan fingerprint density at radius 1 is 1.10 bits per heavy atom. The Balaban J connectivity index is 1.68. The summed E-state index contributed by atoms with van der Waals surface area (Å²) in [6.45, 7) is 4.81. The quantitative estimate of drug-likeness (QED) is 0.656. The molecule has 2 aromatic carbocycles. The number of aliphatic hydroxyl groups excluding tert-OH is 1. The Labute approximate surface area is 181 Å². The van der Waals surface area contributed by atoms with E-state index in [9.17, 15) is 23.1 Å². The van der Waals surface area contributed by atoms with Gasteiger partial charge in [-0.25, -0.2) is 8.42 Å². The Morgan fingerprint density at radius 2 is 1.77 bits per heavy atom. The van der Waals surface area contributed by atoms with Crippen LogP contribution in [0, 0.1) is 20.8 Å². The molecule has 31 heavy (non-hydrogen) atoms. The number of sulfonamides is 1. The molecule has 0 spiro atoms. The van der Waals surface area contributed by atoms with Crippen molar-refractivity contribution in [2.45, 2.75) is 44.2 Å². The van der Waals surface area contributed by atoms with Crippen molar-refractivity contribution in [3.05, 3.63) is 59.2 Å². The third kappa shape index (κ3) is 5.30. The summed E-state index contributed by atoms with van der Waals surface area (Å²) in [6.07, 6.45) is -1.09. The summed E-state index contributed by atoms with van der Waals surface area (Å²) in [5.74, 6) is -1.41. The van der Waals surface area contributed by atoms with Crippen molar-refractivity contribution >= 4 is 27.6 Å². The molecule has 2 aromatic rings. The summed E-state index contributed by atoms with van der Waals surface area (Å²) in [5, 5.41) is 12.6. The molecule has 1 heterocycles. The first-order valence-electron chi connectivity index (χ1n) is 9.88. The van der Waals surface area contributed by atoms with Crippen molar-refractivity contribution in [1.82, 2.24) is 4.31 Å². The molecular weight excluding hydrogens is 420 g/mol. The minimum absolute atomic E-state index is 0.0413. The van der Waals surface area contributed by atoms with E-state index in [2.05, 4.69) is 5.32 Å². The van der Waals surface area contributed by atoms with Gasteiger partial charge in [-0.05, 0) is 56.2 Å². The number of amides is 1. The van der Waals surface area contributed by atoms with Crippen molar-refractivity contribution in [2.75, 3.05) is 18.5 Å². The molecule has 0 saturated carbocycles. The summed E-state index contributed by atoms with van der Waals surface area (Å²) >= 11 is 0. The fourth-order valence-corrected chi connectivity index (χ4v) is 5.05. The van der Waals surface area contributed by atoms with Gasteiger partial charge < -0.3 is 15.2 Å². The van der Waals surface area contributed by atoms with Gasteiger partial charge in [0.15, 0.2) is 6.61 Å². The highest BCUT2D eigenvalue weighted by Gasteiger charge is 2.44. The van der Waals surface area contributed by atoms with Gasteiger partial charge >= 0.3 is 5.97 Å². The molecule has 0 radical (unpaired) electrons. The summed E-state index contributed by atoms with van der Waals surface area (Å²) in [4.78, 5) is 24.7. The number of esters is 1. The zero-order chi connectivity index (χ0) is 22.8. The molecule has 166 valence electrons. The Hall–Kier alpha value is -2.75. The number of nitrogens with one attached hydrogen (secondary N) is 1. The van der Waals surface area contributed by atoms with Gasteiger partial charge in [-0.2, -0.15) is 4.31 Å². The van der Waals surface area contributed by atoms with Gasteiger partial charge in [0.1, 0.15) is 6.04 Å². The molecular formula is C22H26N2O6S. The predicted octanol–water partition coefficient (Wildman–Crippen LogP) is 1.92.